The molecule has 2 heteroatoms. The fraction of sp³-hybridized carbons (Fsp3) is 0.769. The Hall–Kier alpha value is -0.790. The zero-order chi connectivity index (χ0) is 11.1. The largest absolute Gasteiger partial charge is 0.352 e. The summed E-state index contributed by atoms with van der Waals surface area (Å²) in [6.07, 6.45) is 4.40. The molecule has 0 aromatic rings. The van der Waals surface area contributed by atoms with Gasteiger partial charge >= 0.3 is 0 Å². The average molecular weight is 207 g/mol. The van der Waals surface area contributed by atoms with Crippen LogP contribution in [0, 0.1) is 11.3 Å². The molecular weight excluding hydrogens is 186 g/mol. The van der Waals surface area contributed by atoms with Crippen LogP contribution in [-0.2, 0) is 4.79 Å². The van der Waals surface area contributed by atoms with E-state index in [9.17, 15) is 4.79 Å². The minimum atomic E-state index is 0.198. The smallest absolute Gasteiger partial charge is 0.247 e. The van der Waals surface area contributed by atoms with Gasteiger partial charge in [-0.25, -0.2) is 0 Å². The molecular formula is C13H21NO. The molecule has 0 unspecified atom stereocenters. The van der Waals surface area contributed by atoms with E-state index in [0.717, 1.165) is 43.7 Å². The standard InChI is InChI=1S/C13H21NO/c1-13(2,3)10-7-9(8-10)11-5-4-6-14-12(11)15/h10H,4-8H2,1-3H3,(H,14,15). The van der Waals surface area contributed by atoms with Crippen LogP contribution in [0.5, 0.6) is 0 Å². The van der Waals surface area contributed by atoms with Crippen LogP contribution in [0.1, 0.15) is 46.5 Å². The molecule has 1 amide bonds. The van der Waals surface area contributed by atoms with Crippen molar-refractivity contribution in [3.05, 3.63) is 11.1 Å². The van der Waals surface area contributed by atoms with Crippen molar-refractivity contribution in [3.8, 4) is 0 Å². The Kier molecular flexibility index (Phi) is 2.61. The first-order chi connectivity index (χ1) is 6.98. The van der Waals surface area contributed by atoms with Gasteiger partial charge in [0.05, 0.1) is 0 Å². The lowest BCUT2D eigenvalue weighted by atomic mass is 9.64. The van der Waals surface area contributed by atoms with Crippen molar-refractivity contribution in [2.75, 3.05) is 6.54 Å². The van der Waals surface area contributed by atoms with E-state index in [1.807, 2.05) is 0 Å². The molecule has 1 heterocycles. The maximum atomic E-state index is 11.6. The highest BCUT2D eigenvalue weighted by Gasteiger charge is 2.36. The van der Waals surface area contributed by atoms with Crippen LogP contribution in [-0.4, -0.2) is 12.5 Å². The van der Waals surface area contributed by atoms with E-state index in [1.165, 1.54) is 5.57 Å². The molecule has 2 aliphatic rings. The SMILES string of the molecule is CC(C)(C)C1CC(=C2CCCNC2=O)C1. The number of hydrogen-bond acceptors (Lipinski definition) is 1. The predicted octanol–water partition coefficient (Wildman–Crippen LogP) is 2.65. The van der Waals surface area contributed by atoms with E-state index in [2.05, 4.69) is 26.1 Å². The van der Waals surface area contributed by atoms with Crippen molar-refractivity contribution < 1.29 is 4.79 Å². The first-order valence-electron chi connectivity index (χ1n) is 5.97. The van der Waals surface area contributed by atoms with Gasteiger partial charge in [0, 0.05) is 12.1 Å². The molecule has 0 atom stereocenters. The number of nitrogens with one attached hydrogen (secondary N) is 1. The molecule has 15 heavy (non-hydrogen) atoms. The molecule has 0 aromatic carbocycles. The number of amides is 1. The van der Waals surface area contributed by atoms with Gasteiger partial charge in [0.15, 0.2) is 0 Å². The summed E-state index contributed by atoms with van der Waals surface area (Å²) in [5.74, 6) is 0.971. The highest BCUT2D eigenvalue weighted by molar-refractivity contribution is 5.95. The number of allylic oxidation sites excluding steroid dienone is 1. The zero-order valence-electron chi connectivity index (χ0n) is 10.0. The average Bonchev–Trinajstić information content (AvgIpc) is 2.03. The lowest BCUT2D eigenvalue weighted by molar-refractivity contribution is -0.118. The first kappa shape index (κ1) is 10.7. The minimum Gasteiger partial charge on any atom is -0.352 e. The Bertz CT molecular complexity index is 301. The van der Waals surface area contributed by atoms with Gasteiger partial charge in [-0.3, -0.25) is 4.79 Å². The summed E-state index contributed by atoms with van der Waals surface area (Å²) in [6, 6.07) is 0. The summed E-state index contributed by atoms with van der Waals surface area (Å²) in [4.78, 5) is 11.6. The fourth-order valence-electron chi connectivity index (χ4n) is 2.42. The Labute approximate surface area is 92.1 Å². The molecule has 2 fully saturated rings. The maximum absolute atomic E-state index is 11.6. The molecule has 1 N–H and O–H groups in total. The summed E-state index contributed by atoms with van der Waals surface area (Å²) in [5.41, 5.74) is 2.92. The Morgan fingerprint density at radius 3 is 2.47 bits per heavy atom. The molecule has 0 spiro atoms. The summed E-state index contributed by atoms with van der Waals surface area (Å²) in [6.45, 7) is 7.73. The Morgan fingerprint density at radius 2 is 1.93 bits per heavy atom. The first-order valence-corrected chi connectivity index (χ1v) is 5.97. The normalized spacial score (nSPS) is 27.4. The molecule has 0 bridgehead atoms. The molecule has 1 saturated heterocycles. The van der Waals surface area contributed by atoms with Crippen molar-refractivity contribution in [1.82, 2.24) is 5.32 Å². The third kappa shape index (κ3) is 2.09. The molecule has 2 nitrogen and oxygen atoms in total. The van der Waals surface area contributed by atoms with Crippen LogP contribution in [0.4, 0.5) is 0 Å². The fourth-order valence-corrected chi connectivity index (χ4v) is 2.42. The molecule has 0 radical (unpaired) electrons. The predicted molar refractivity (Wildman–Crippen MR) is 61.4 cm³/mol. The van der Waals surface area contributed by atoms with Gasteiger partial charge in [-0.1, -0.05) is 26.3 Å². The Balaban J connectivity index is 2.03. The quantitative estimate of drug-likeness (QED) is 0.608. The van der Waals surface area contributed by atoms with Gasteiger partial charge in [-0.2, -0.15) is 0 Å². The number of piperidine rings is 1. The summed E-state index contributed by atoms with van der Waals surface area (Å²) in [7, 11) is 0. The van der Waals surface area contributed by atoms with E-state index >= 15 is 0 Å². The van der Waals surface area contributed by atoms with Crippen LogP contribution >= 0.6 is 0 Å². The van der Waals surface area contributed by atoms with Crippen molar-refractivity contribution in [2.45, 2.75) is 46.5 Å². The van der Waals surface area contributed by atoms with Gasteiger partial charge in [0.2, 0.25) is 5.91 Å². The van der Waals surface area contributed by atoms with Gasteiger partial charge in [0.1, 0.15) is 0 Å². The zero-order valence-corrected chi connectivity index (χ0v) is 10.0. The summed E-state index contributed by atoms with van der Waals surface area (Å²) >= 11 is 0. The van der Waals surface area contributed by atoms with Crippen LogP contribution in [0.25, 0.3) is 0 Å². The third-order valence-corrected chi connectivity index (χ3v) is 3.80. The Morgan fingerprint density at radius 1 is 1.27 bits per heavy atom. The van der Waals surface area contributed by atoms with Crippen LogP contribution in [0.15, 0.2) is 11.1 Å². The molecule has 1 saturated carbocycles. The molecule has 2 rings (SSSR count). The monoisotopic (exact) mass is 207 g/mol. The maximum Gasteiger partial charge on any atom is 0.247 e. The highest BCUT2D eigenvalue weighted by atomic mass is 16.1. The van der Waals surface area contributed by atoms with Gasteiger partial charge in [-0.15, -0.1) is 0 Å². The lowest BCUT2D eigenvalue weighted by Gasteiger charge is -2.41. The molecule has 84 valence electrons. The summed E-state index contributed by atoms with van der Waals surface area (Å²) < 4.78 is 0. The number of carbonyl (C=O) groups excluding carboxylic acids is 1. The van der Waals surface area contributed by atoms with E-state index < -0.39 is 0 Å². The van der Waals surface area contributed by atoms with E-state index in [4.69, 9.17) is 0 Å². The van der Waals surface area contributed by atoms with Crippen LogP contribution in [0.2, 0.25) is 0 Å². The van der Waals surface area contributed by atoms with E-state index in [0.29, 0.717) is 5.41 Å². The van der Waals surface area contributed by atoms with Gasteiger partial charge in [-0.05, 0) is 37.0 Å². The molecule has 1 aliphatic heterocycles. The van der Waals surface area contributed by atoms with Gasteiger partial charge < -0.3 is 5.32 Å². The van der Waals surface area contributed by atoms with Crippen LogP contribution in [0.3, 0.4) is 0 Å². The lowest BCUT2D eigenvalue weighted by Crippen LogP contribution is -2.35. The van der Waals surface area contributed by atoms with Crippen molar-refractivity contribution in [3.63, 3.8) is 0 Å². The van der Waals surface area contributed by atoms with E-state index in [1.54, 1.807) is 0 Å². The number of rotatable bonds is 0. The topological polar surface area (TPSA) is 29.1 Å². The van der Waals surface area contributed by atoms with Crippen molar-refractivity contribution in [1.29, 1.82) is 0 Å². The second-order valence-corrected chi connectivity index (χ2v) is 5.91. The third-order valence-electron chi connectivity index (χ3n) is 3.80. The van der Waals surface area contributed by atoms with Crippen LogP contribution < -0.4 is 5.32 Å². The van der Waals surface area contributed by atoms with Crippen molar-refractivity contribution >= 4 is 5.91 Å². The van der Waals surface area contributed by atoms with E-state index in [-0.39, 0.29) is 5.91 Å². The molecule has 1 aliphatic carbocycles. The summed E-state index contributed by atoms with van der Waals surface area (Å²) in [5, 5.41) is 2.94. The second kappa shape index (κ2) is 3.66. The van der Waals surface area contributed by atoms with Gasteiger partial charge in [0.25, 0.3) is 0 Å². The minimum absolute atomic E-state index is 0.198. The second-order valence-electron chi connectivity index (χ2n) is 5.91. The van der Waals surface area contributed by atoms with Crippen molar-refractivity contribution in [2.24, 2.45) is 11.3 Å². The molecule has 0 aromatic heterocycles. The highest BCUT2D eigenvalue weighted by Crippen LogP contribution is 2.46. The number of hydrogen-bond donors (Lipinski definition) is 1. The number of carbonyl (C=O) groups is 1.